The maximum absolute atomic E-state index is 14.4. The molecular weight excluding hydrogens is 544 g/mol. The van der Waals surface area contributed by atoms with Crippen molar-refractivity contribution in [2.24, 2.45) is 5.73 Å². The number of alkyl carbamates (subject to hydrolysis) is 1. The van der Waals surface area contributed by atoms with E-state index in [1.165, 1.54) is 4.90 Å². The van der Waals surface area contributed by atoms with Gasteiger partial charge in [0.15, 0.2) is 0 Å². The van der Waals surface area contributed by atoms with Crippen LogP contribution in [-0.4, -0.2) is 46.9 Å². The number of unbranched alkanes of at least 4 members (excludes halogenated alkanes) is 4. The summed E-state index contributed by atoms with van der Waals surface area (Å²) < 4.78 is 5.38. The fourth-order valence-electron chi connectivity index (χ4n) is 5.09. The van der Waals surface area contributed by atoms with Crippen LogP contribution < -0.4 is 16.4 Å². The molecule has 0 saturated carbocycles. The molecule has 43 heavy (non-hydrogen) atoms. The highest BCUT2D eigenvalue weighted by Gasteiger charge is 2.37. The minimum atomic E-state index is -1.32. The number of aryl methyl sites for hydroxylation is 4. The molecule has 0 aliphatic carbocycles. The molecule has 0 aliphatic rings. The number of nitrogens with zero attached hydrogens (tertiary/aromatic N) is 1. The normalized spacial score (nSPS) is 12.7. The van der Waals surface area contributed by atoms with Crippen LogP contribution in [0, 0.1) is 27.7 Å². The molecule has 4 N–H and O–H groups in total. The molecule has 2 aromatic carbocycles. The molecule has 0 aromatic heterocycles. The first kappa shape index (κ1) is 35.3. The maximum Gasteiger partial charge on any atom is 0.408 e. The van der Waals surface area contributed by atoms with E-state index in [0.717, 1.165) is 47.9 Å². The molecule has 0 fully saturated rings. The smallest absolute Gasteiger partial charge is 0.408 e. The zero-order valence-corrected chi connectivity index (χ0v) is 27.1. The Balaban J connectivity index is 2.63. The molecule has 2 atom stereocenters. The van der Waals surface area contributed by atoms with Crippen molar-refractivity contribution in [3.63, 3.8) is 0 Å². The van der Waals surface area contributed by atoms with Gasteiger partial charge in [0.05, 0.1) is 6.42 Å². The molecule has 0 bridgehead atoms. The summed E-state index contributed by atoms with van der Waals surface area (Å²) in [5.74, 6) is -1.73. The highest BCUT2D eigenvalue weighted by molar-refractivity contribution is 6.00. The number of amides is 4. The van der Waals surface area contributed by atoms with Crippen LogP contribution in [0.1, 0.15) is 100 Å². The molecule has 4 amide bonds. The lowest BCUT2D eigenvalue weighted by molar-refractivity contribution is -0.142. The maximum atomic E-state index is 14.4. The molecular formula is C34H50N4O5. The molecule has 2 rings (SSSR count). The number of nitrogens with one attached hydrogen (secondary N) is 2. The zero-order valence-electron chi connectivity index (χ0n) is 27.1. The summed E-state index contributed by atoms with van der Waals surface area (Å²) in [6, 6.07) is 9.15. The van der Waals surface area contributed by atoms with E-state index in [0.29, 0.717) is 17.7 Å². The van der Waals surface area contributed by atoms with E-state index in [1.54, 1.807) is 20.8 Å². The minimum Gasteiger partial charge on any atom is -0.444 e. The molecule has 2 aromatic rings. The molecule has 0 radical (unpaired) electrons. The Hall–Kier alpha value is -3.88. The summed E-state index contributed by atoms with van der Waals surface area (Å²) in [6.45, 7) is 15.2. The van der Waals surface area contributed by atoms with Gasteiger partial charge in [-0.3, -0.25) is 14.4 Å². The molecule has 9 nitrogen and oxygen atoms in total. The lowest BCUT2D eigenvalue weighted by Gasteiger charge is -2.35. The van der Waals surface area contributed by atoms with Crippen molar-refractivity contribution >= 4 is 29.5 Å². The quantitative estimate of drug-likeness (QED) is 0.225. The standard InChI is InChI=1S/C34H50N4O5/c1-9-10-11-12-13-19-38(32(41)27(21-28(35)39)36-33(42)43-34(6,7)8)30(26-18-17-22(2)20-25(26)5)31(40)37-29-23(3)15-14-16-24(29)4/h14-18,20,27,30H,9-13,19,21H2,1-8H3,(H2,35,39)(H,36,42)(H,37,40). The Bertz CT molecular complexity index is 1260. The predicted molar refractivity (Wildman–Crippen MR) is 171 cm³/mol. The van der Waals surface area contributed by atoms with E-state index < -0.39 is 42.0 Å². The fourth-order valence-corrected chi connectivity index (χ4v) is 5.09. The van der Waals surface area contributed by atoms with Crippen LogP contribution in [0.25, 0.3) is 0 Å². The summed E-state index contributed by atoms with van der Waals surface area (Å²) in [4.78, 5) is 55.0. The Kier molecular flexibility index (Phi) is 13.2. The van der Waals surface area contributed by atoms with Gasteiger partial charge in [0.2, 0.25) is 11.8 Å². The average Bonchev–Trinajstić information content (AvgIpc) is 2.88. The van der Waals surface area contributed by atoms with Gasteiger partial charge in [-0.15, -0.1) is 0 Å². The van der Waals surface area contributed by atoms with E-state index >= 15 is 0 Å². The zero-order chi connectivity index (χ0) is 32.3. The van der Waals surface area contributed by atoms with Crippen molar-refractivity contribution in [3.8, 4) is 0 Å². The third kappa shape index (κ3) is 11.0. The summed E-state index contributed by atoms with van der Waals surface area (Å²) >= 11 is 0. The number of benzene rings is 2. The minimum absolute atomic E-state index is 0.242. The Morgan fingerprint density at radius 3 is 2.09 bits per heavy atom. The largest absolute Gasteiger partial charge is 0.444 e. The van der Waals surface area contributed by atoms with Gasteiger partial charge in [-0.2, -0.15) is 0 Å². The van der Waals surface area contributed by atoms with Crippen LogP contribution in [0.15, 0.2) is 36.4 Å². The third-order valence-corrected chi connectivity index (χ3v) is 7.19. The molecule has 236 valence electrons. The lowest BCUT2D eigenvalue weighted by Crippen LogP contribution is -2.53. The molecule has 0 spiro atoms. The van der Waals surface area contributed by atoms with Gasteiger partial charge >= 0.3 is 6.09 Å². The van der Waals surface area contributed by atoms with Crippen LogP contribution in [0.5, 0.6) is 0 Å². The molecule has 0 aliphatic heterocycles. The van der Waals surface area contributed by atoms with Gasteiger partial charge in [-0.25, -0.2) is 4.79 Å². The topological polar surface area (TPSA) is 131 Å². The summed E-state index contributed by atoms with van der Waals surface area (Å²) in [6.07, 6.45) is 3.32. The number of hydrogen-bond donors (Lipinski definition) is 3. The van der Waals surface area contributed by atoms with Crippen LogP contribution in [0.2, 0.25) is 0 Å². The first-order chi connectivity index (χ1) is 20.1. The number of anilines is 1. The number of para-hydroxylation sites is 1. The highest BCUT2D eigenvalue weighted by atomic mass is 16.6. The Morgan fingerprint density at radius 1 is 0.907 bits per heavy atom. The van der Waals surface area contributed by atoms with Crippen LogP contribution in [-0.2, 0) is 19.1 Å². The summed E-state index contributed by atoms with van der Waals surface area (Å²) in [5.41, 5.74) is 9.69. The van der Waals surface area contributed by atoms with Gasteiger partial charge in [0.25, 0.3) is 5.91 Å². The second kappa shape index (κ2) is 16.1. The van der Waals surface area contributed by atoms with Crippen molar-refractivity contribution in [3.05, 3.63) is 64.2 Å². The van der Waals surface area contributed by atoms with E-state index in [4.69, 9.17) is 10.5 Å². The van der Waals surface area contributed by atoms with Crippen LogP contribution in [0.3, 0.4) is 0 Å². The highest BCUT2D eigenvalue weighted by Crippen LogP contribution is 2.30. The number of nitrogens with two attached hydrogens (primary N) is 1. The van der Waals surface area contributed by atoms with E-state index in [-0.39, 0.29) is 12.5 Å². The third-order valence-electron chi connectivity index (χ3n) is 7.19. The van der Waals surface area contributed by atoms with Gasteiger partial charge in [-0.1, -0.05) is 74.6 Å². The Labute approximate surface area is 256 Å². The molecule has 0 heterocycles. The predicted octanol–water partition coefficient (Wildman–Crippen LogP) is 6.17. The number of hydrogen-bond acceptors (Lipinski definition) is 5. The molecule has 0 saturated heterocycles. The van der Waals surface area contributed by atoms with Gasteiger partial charge in [0, 0.05) is 12.2 Å². The first-order valence-electron chi connectivity index (χ1n) is 15.2. The summed E-state index contributed by atoms with van der Waals surface area (Å²) in [5, 5.41) is 5.63. The second-order valence-electron chi connectivity index (χ2n) is 12.3. The van der Waals surface area contributed by atoms with Crippen molar-refractivity contribution in [2.75, 3.05) is 11.9 Å². The number of primary amides is 1. The number of carbonyl (C=O) groups excluding carboxylic acids is 4. The van der Waals surface area contributed by atoms with Crippen molar-refractivity contribution in [2.45, 2.75) is 112 Å². The average molecular weight is 595 g/mol. The lowest BCUT2D eigenvalue weighted by atomic mass is 9.95. The van der Waals surface area contributed by atoms with Crippen LogP contribution >= 0.6 is 0 Å². The first-order valence-corrected chi connectivity index (χ1v) is 15.2. The van der Waals surface area contributed by atoms with E-state index in [2.05, 4.69) is 17.6 Å². The Morgan fingerprint density at radius 2 is 1.53 bits per heavy atom. The van der Waals surface area contributed by atoms with Crippen molar-refractivity contribution in [1.29, 1.82) is 0 Å². The monoisotopic (exact) mass is 594 g/mol. The van der Waals surface area contributed by atoms with E-state index in [1.807, 2.05) is 64.1 Å². The van der Waals surface area contributed by atoms with E-state index in [9.17, 15) is 19.2 Å². The van der Waals surface area contributed by atoms with Crippen LogP contribution in [0.4, 0.5) is 10.5 Å². The number of carbonyl (C=O) groups is 4. The number of rotatable bonds is 14. The van der Waals surface area contributed by atoms with Gasteiger partial charge < -0.3 is 26.0 Å². The SMILES string of the molecule is CCCCCCCN(C(=O)C(CC(N)=O)NC(=O)OC(C)(C)C)C(C(=O)Nc1c(C)cccc1C)c1ccc(C)cc1C. The molecule has 9 heteroatoms. The van der Waals surface area contributed by atoms with Gasteiger partial charge in [-0.05, 0) is 77.1 Å². The number of ether oxygens (including phenoxy) is 1. The second-order valence-corrected chi connectivity index (χ2v) is 12.3. The van der Waals surface area contributed by atoms with Gasteiger partial charge in [0.1, 0.15) is 17.7 Å². The fraction of sp³-hybridized carbons (Fsp3) is 0.529. The van der Waals surface area contributed by atoms with Crippen molar-refractivity contribution < 1.29 is 23.9 Å². The summed E-state index contributed by atoms with van der Waals surface area (Å²) in [7, 11) is 0. The van der Waals surface area contributed by atoms with Crippen molar-refractivity contribution in [1.82, 2.24) is 10.2 Å². The molecule has 2 unspecified atom stereocenters.